The highest BCUT2D eigenvalue weighted by molar-refractivity contribution is 7.89. The molecule has 9 heteroatoms. The van der Waals surface area contributed by atoms with Crippen LogP contribution in [0.5, 0.6) is 0 Å². The number of nitrogens with zero attached hydrogens (tertiary/aromatic N) is 1. The van der Waals surface area contributed by atoms with E-state index in [0.717, 1.165) is 12.8 Å². The van der Waals surface area contributed by atoms with Crippen molar-refractivity contribution in [2.75, 3.05) is 26.3 Å². The van der Waals surface area contributed by atoms with Gasteiger partial charge in [0, 0.05) is 13.1 Å². The number of benzene rings is 2. The second-order valence-corrected chi connectivity index (χ2v) is 8.71. The van der Waals surface area contributed by atoms with Crippen molar-refractivity contribution in [3.05, 3.63) is 64.7 Å². The molecule has 0 unspecified atom stereocenters. The Morgan fingerprint density at radius 1 is 0.897 bits per heavy atom. The van der Waals surface area contributed by atoms with Gasteiger partial charge in [0.15, 0.2) is 0 Å². The third-order valence-corrected chi connectivity index (χ3v) is 6.79. The van der Waals surface area contributed by atoms with Gasteiger partial charge < -0.3 is 9.47 Å². The molecule has 0 atom stereocenters. The molecule has 0 N–H and O–H groups in total. The van der Waals surface area contributed by atoms with Gasteiger partial charge in [-0.2, -0.15) is 4.31 Å². The molecule has 1 fully saturated rings. The first-order chi connectivity index (χ1) is 13.9. The second-order valence-electron chi connectivity index (χ2n) is 6.39. The van der Waals surface area contributed by atoms with Crippen LogP contribution in [-0.2, 0) is 19.5 Å². The van der Waals surface area contributed by atoms with E-state index in [-0.39, 0.29) is 28.7 Å². The molecule has 0 aromatic heterocycles. The van der Waals surface area contributed by atoms with Crippen LogP contribution in [0.3, 0.4) is 0 Å². The van der Waals surface area contributed by atoms with Crippen LogP contribution in [0, 0.1) is 0 Å². The first-order valence-electron chi connectivity index (χ1n) is 9.08. The van der Waals surface area contributed by atoms with Crippen LogP contribution < -0.4 is 0 Å². The van der Waals surface area contributed by atoms with E-state index in [4.69, 9.17) is 21.1 Å². The van der Waals surface area contributed by atoms with Crippen molar-refractivity contribution in [3.8, 4) is 0 Å². The smallest absolute Gasteiger partial charge is 0.338 e. The van der Waals surface area contributed by atoms with Gasteiger partial charge in [0.25, 0.3) is 0 Å². The van der Waals surface area contributed by atoms with Gasteiger partial charge in [-0.15, -0.1) is 0 Å². The zero-order chi connectivity index (χ0) is 20.9. The van der Waals surface area contributed by atoms with E-state index in [1.807, 2.05) is 0 Å². The average Bonchev–Trinajstić information content (AvgIpc) is 3.27. The summed E-state index contributed by atoms with van der Waals surface area (Å²) < 4.78 is 36.9. The fraction of sp³-hybridized carbons (Fsp3) is 0.300. The maximum atomic E-state index is 12.7. The molecule has 0 bridgehead atoms. The van der Waals surface area contributed by atoms with E-state index in [2.05, 4.69) is 0 Å². The molecule has 7 nitrogen and oxygen atoms in total. The van der Waals surface area contributed by atoms with Gasteiger partial charge in [-0.05, 0) is 43.2 Å². The van der Waals surface area contributed by atoms with Gasteiger partial charge in [0.1, 0.15) is 18.1 Å². The zero-order valence-corrected chi connectivity index (χ0v) is 17.1. The molecule has 1 aliphatic rings. The zero-order valence-electron chi connectivity index (χ0n) is 15.5. The minimum absolute atomic E-state index is 0.0465. The highest BCUT2D eigenvalue weighted by Gasteiger charge is 2.30. The Labute approximate surface area is 174 Å². The molecule has 29 heavy (non-hydrogen) atoms. The largest absolute Gasteiger partial charge is 0.458 e. The van der Waals surface area contributed by atoms with Crippen LogP contribution >= 0.6 is 11.6 Å². The number of halogens is 1. The summed E-state index contributed by atoms with van der Waals surface area (Å²) in [4.78, 5) is 24.0. The first-order valence-corrected chi connectivity index (χ1v) is 10.9. The van der Waals surface area contributed by atoms with E-state index < -0.39 is 22.0 Å². The normalized spacial score (nSPS) is 14.5. The number of esters is 2. The molecular formula is C20H20ClNO6S. The lowest BCUT2D eigenvalue weighted by Gasteiger charge is -2.17. The van der Waals surface area contributed by atoms with Crippen molar-refractivity contribution in [1.29, 1.82) is 0 Å². The number of hydrogen-bond donors (Lipinski definition) is 0. The average molecular weight is 438 g/mol. The Balaban J connectivity index is 1.59. The lowest BCUT2D eigenvalue weighted by atomic mass is 10.2. The predicted molar refractivity (Wildman–Crippen MR) is 106 cm³/mol. The number of rotatable bonds is 7. The summed E-state index contributed by atoms with van der Waals surface area (Å²) in [7, 11) is -3.77. The molecule has 2 aromatic rings. The van der Waals surface area contributed by atoms with Crippen LogP contribution in [0.15, 0.2) is 53.4 Å². The molecule has 2 aromatic carbocycles. The molecule has 0 spiro atoms. The van der Waals surface area contributed by atoms with E-state index in [1.54, 1.807) is 30.3 Å². The molecule has 1 heterocycles. The highest BCUT2D eigenvalue weighted by atomic mass is 35.5. The van der Waals surface area contributed by atoms with Crippen LogP contribution in [0.25, 0.3) is 0 Å². The Hall–Kier alpha value is -2.42. The fourth-order valence-electron chi connectivity index (χ4n) is 2.91. The molecule has 0 saturated carbocycles. The number of ether oxygens (including phenoxy) is 2. The van der Waals surface area contributed by atoms with Crippen LogP contribution in [0.1, 0.15) is 33.6 Å². The van der Waals surface area contributed by atoms with Crippen LogP contribution in [0.2, 0.25) is 5.02 Å². The highest BCUT2D eigenvalue weighted by Crippen LogP contribution is 2.28. The van der Waals surface area contributed by atoms with Gasteiger partial charge in [0.2, 0.25) is 10.0 Å². The van der Waals surface area contributed by atoms with E-state index in [9.17, 15) is 18.0 Å². The third-order valence-electron chi connectivity index (χ3n) is 4.41. The summed E-state index contributed by atoms with van der Waals surface area (Å²) >= 11 is 6.07. The van der Waals surface area contributed by atoms with Crippen molar-refractivity contribution in [1.82, 2.24) is 4.31 Å². The summed E-state index contributed by atoms with van der Waals surface area (Å²) in [5.74, 6) is -1.25. The molecule has 154 valence electrons. The molecule has 1 aliphatic heterocycles. The van der Waals surface area contributed by atoms with Crippen molar-refractivity contribution >= 4 is 33.6 Å². The van der Waals surface area contributed by atoms with Gasteiger partial charge in [-0.3, -0.25) is 0 Å². The SMILES string of the molecule is O=C(OCCOC(=O)c1ccc(Cl)c(S(=O)(=O)N2CCCC2)c1)c1ccccc1. The van der Waals surface area contributed by atoms with E-state index >= 15 is 0 Å². The molecule has 0 aliphatic carbocycles. The van der Waals surface area contributed by atoms with Crippen molar-refractivity contribution in [3.63, 3.8) is 0 Å². The molecule has 1 saturated heterocycles. The van der Waals surface area contributed by atoms with Crippen molar-refractivity contribution in [2.24, 2.45) is 0 Å². The number of carbonyl (C=O) groups excluding carboxylic acids is 2. The van der Waals surface area contributed by atoms with Crippen molar-refractivity contribution in [2.45, 2.75) is 17.7 Å². The van der Waals surface area contributed by atoms with E-state index in [0.29, 0.717) is 18.7 Å². The molecule has 3 rings (SSSR count). The second kappa shape index (κ2) is 9.39. The van der Waals surface area contributed by atoms with Crippen LogP contribution in [0.4, 0.5) is 0 Å². The molecule has 0 amide bonds. The topological polar surface area (TPSA) is 90.0 Å². The predicted octanol–water partition coefficient (Wildman–Crippen LogP) is 3.14. The van der Waals surface area contributed by atoms with E-state index in [1.165, 1.54) is 22.5 Å². The Bertz CT molecular complexity index is 987. The summed E-state index contributed by atoms with van der Waals surface area (Å²) in [6.07, 6.45) is 1.58. The Morgan fingerprint density at radius 2 is 1.48 bits per heavy atom. The maximum Gasteiger partial charge on any atom is 0.338 e. The quantitative estimate of drug-likeness (QED) is 0.488. The van der Waals surface area contributed by atoms with Gasteiger partial charge in [-0.25, -0.2) is 18.0 Å². The first kappa shape index (κ1) is 21.3. The molecule has 0 radical (unpaired) electrons. The van der Waals surface area contributed by atoms with Crippen molar-refractivity contribution < 1.29 is 27.5 Å². The van der Waals surface area contributed by atoms with Gasteiger partial charge in [-0.1, -0.05) is 29.8 Å². The number of sulfonamides is 1. The number of hydrogen-bond acceptors (Lipinski definition) is 6. The summed E-state index contributed by atoms with van der Waals surface area (Å²) in [5.41, 5.74) is 0.454. The third kappa shape index (κ3) is 5.14. The summed E-state index contributed by atoms with van der Waals surface area (Å²) in [6, 6.07) is 12.4. The lowest BCUT2D eigenvalue weighted by molar-refractivity contribution is 0.0265. The Kier molecular flexibility index (Phi) is 6.89. The van der Waals surface area contributed by atoms with Gasteiger partial charge >= 0.3 is 11.9 Å². The minimum atomic E-state index is -3.77. The van der Waals surface area contributed by atoms with Crippen LogP contribution in [-0.4, -0.2) is 51.0 Å². The standard InChI is InChI=1S/C20H20ClNO6S/c21-17-9-8-16(14-18(17)29(25,26)22-10-4-5-11-22)20(24)28-13-12-27-19(23)15-6-2-1-3-7-15/h1-3,6-9,14H,4-5,10-13H2. The summed E-state index contributed by atoms with van der Waals surface area (Å²) in [5, 5.41) is 0.0465. The maximum absolute atomic E-state index is 12.7. The monoisotopic (exact) mass is 437 g/mol. The Morgan fingerprint density at radius 3 is 2.10 bits per heavy atom. The lowest BCUT2D eigenvalue weighted by Crippen LogP contribution is -2.28. The number of carbonyl (C=O) groups is 2. The minimum Gasteiger partial charge on any atom is -0.458 e. The summed E-state index contributed by atoms with van der Waals surface area (Å²) in [6.45, 7) is 0.584. The fourth-order valence-corrected chi connectivity index (χ4v) is 4.92. The molecular weight excluding hydrogens is 418 g/mol. The van der Waals surface area contributed by atoms with Gasteiger partial charge in [0.05, 0.1) is 16.1 Å².